The minimum atomic E-state index is -0.800. The number of carbonyl (C=O) groups excluding carboxylic acids is 1. The number of aromatic nitrogens is 2. The number of halogens is 1. The van der Waals surface area contributed by atoms with Crippen LogP contribution in [-0.4, -0.2) is 28.8 Å². The van der Waals surface area contributed by atoms with Crippen LogP contribution in [0.4, 0.5) is 10.1 Å². The van der Waals surface area contributed by atoms with Crippen LogP contribution in [0.3, 0.4) is 0 Å². The van der Waals surface area contributed by atoms with E-state index < -0.39 is 17.8 Å². The summed E-state index contributed by atoms with van der Waals surface area (Å²) in [5.41, 5.74) is 1.38. The molecule has 4 rings (SSSR count). The van der Waals surface area contributed by atoms with Crippen LogP contribution in [0.5, 0.6) is 11.5 Å². The number of H-pyrrole nitrogens is 1. The molecule has 0 bridgehead atoms. The number of fused-ring (bicyclic) bond motifs is 1. The average molecular weight is 339 g/mol. The normalized spacial score (nSPS) is 15.6. The Morgan fingerprint density at radius 3 is 2.84 bits per heavy atom. The zero-order valence-electron chi connectivity index (χ0n) is 13.0. The van der Waals surface area contributed by atoms with E-state index in [1.807, 2.05) is 6.07 Å². The van der Waals surface area contributed by atoms with E-state index in [-0.39, 0.29) is 6.61 Å². The van der Waals surface area contributed by atoms with E-state index in [9.17, 15) is 9.18 Å². The Bertz CT molecular complexity index is 912. The van der Waals surface area contributed by atoms with E-state index in [0.29, 0.717) is 28.3 Å². The van der Waals surface area contributed by atoms with Gasteiger partial charge < -0.3 is 14.8 Å². The van der Waals surface area contributed by atoms with E-state index in [2.05, 4.69) is 15.5 Å². The number of nitrogens with zero attached hydrogens (tertiary/aromatic N) is 1. The lowest BCUT2D eigenvalue weighted by Crippen LogP contribution is -2.40. The van der Waals surface area contributed by atoms with Crippen LogP contribution in [0, 0.1) is 5.82 Å². The average Bonchev–Trinajstić information content (AvgIpc) is 3.15. The molecule has 1 atom stereocenters. The Morgan fingerprint density at radius 2 is 2.08 bits per heavy atom. The highest BCUT2D eigenvalue weighted by Crippen LogP contribution is 2.31. The molecule has 6 nitrogen and oxygen atoms in total. The number of hydrogen-bond donors (Lipinski definition) is 2. The highest BCUT2D eigenvalue weighted by atomic mass is 19.1. The zero-order chi connectivity index (χ0) is 17.2. The molecule has 3 aromatic rings. The van der Waals surface area contributed by atoms with Crippen LogP contribution in [-0.2, 0) is 4.79 Å². The third kappa shape index (κ3) is 3.03. The third-order valence-corrected chi connectivity index (χ3v) is 3.85. The second-order valence-electron chi connectivity index (χ2n) is 5.54. The maximum absolute atomic E-state index is 14.3. The summed E-state index contributed by atoms with van der Waals surface area (Å²) in [6, 6.07) is 11.6. The summed E-state index contributed by atoms with van der Waals surface area (Å²) in [4.78, 5) is 12.3. The van der Waals surface area contributed by atoms with E-state index in [0.717, 1.165) is 0 Å². The first kappa shape index (κ1) is 15.2. The topological polar surface area (TPSA) is 76.2 Å². The first-order chi connectivity index (χ1) is 12.2. The van der Waals surface area contributed by atoms with Crippen molar-refractivity contribution >= 4 is 11.6 Å². The largest absolute Gasteiger partial charge is 0.485 e. The first-order valence-corrected chi connectivity index (χ1v) is 7.69. The van der Waals surface area contributed by atoms with Gasteiger partial charge in [0.2, 0.25) is 6.10 Å². The first-order valence-electron chi connectivity index (χ1n) is 7.69. The fourth-order valence-electron chi connectivity index (χ4n) is 2.60. The Labute approximate surface area is 142 Å². The molecule has 126 valence electrons. The lowest BCUT2D eigenvalue weighted by Gasteiger charge is -2.25. The van der Waals surface area contributed by atoms with Gasteiger partial charge in [-0.1, -0.05) is 12.1 Å². The zero-order valence-corrected chi connectivity index (χ0v) is 13.0. The molecule has 0 fully saturated rings. The summed E-state index contributed by atoms with van der Waals surface area (Å²) < 4.78 is 25.4. The molecule has 1 aliphatic rings. The fourth-order valence-corrected chi connectivity index (χ4v) is 2.60. The molecule has 25 heavy (non-hydrogen) atoms. The number of amides is 1. The standard InChI is InChI=1S/C18H14FN3O3/c19-14-7-12(5-6-13(14)11-8-20-21-9-11)22-18(23)17-10-24-15-3-1-2-4-16(15)25-17/h1-9,17H,10H2,(H,20,21)(H,22,23)/t17-/m0/s1. The van der Waals surface area contributed by atoms with E-state index in [1.165, 1.54) is 12.3 Å². The second-order valence-corrected chi connectivity index (χ2v) is 5.54. The quantitative estimate of drug-likeness (QED) is 0.769. The van der Waals surface area contributed by atoms with Crippen LogP contribution in [0.1, 0.15) is 0 Å². The van der Waals surface area contributed by atoms with Crippen molar-refractivity contribution in [2.75, 3.05) is 11.9 Å². The molecule has 0 aliphatic carbocycles. The molecule has 0 saturated heterocycles. The molecule has 7 heteroatoms. The van der Waals surface area contributed by atoms with Crippen LogP contribution >= 0.6 is 0 Å². The summed E-state index contributed by atoms with van der Waals surface area (Å²) in [7, 11) is 0. The van der Waals surface area contributed by atoms with Crippen LogP contribution in [0.2, 0.25) is 0 Å². The number of aromatic amines is 1. The number of carbonyl (C=O) groups is 1. The van der Waals surface area contributed by atoms with Gasteiger partial charge in [-0.15, -0.1) is 0 Å². The molecule has 2 aromatic carbocycles. The maximum Gasteiger partial charge on any atom is 0.269 e. The number of rotatable bonds is 3. The SMILES string of the molecule is O=C(Nc1ccc(-c2cn[nH]c2)c(F)c1)[C@@H]1COc2ccccc2O1. The summed E-state index contributed by atoms with van der Waals surface area (Å²) >= 11 is 0. The van der Waals surface area contributed by atoms with Crippen molar-refractivity contribution < 1.29 is 18.7 Å². The maximum atomic E-state index is 14.3. The van der Waals surface area contributed by atoms with Crippen molar-refractivity contribution in [3.8, 4) is 22.6 Å². The number of ether oxygens (including phenoxy) is 2. The van der Waals surface area contributed by atoms with Gasteiger partial charge >= 0.3 is 0 Å². The van der Waals surface area contributed by atoms with Crippen LogP contribution < -0.4 is 14.8 Å². The van der Waals surface area contributed by atoms with Gasteiger partial charge in [0.25, 0.3) is 5.91 Å². The molecule has 2 N–H and O–H groups in total. The van der Waals surface area contributed by atoms with Crippen molar-refractivity contribution in [1.82, 2.24) is 10.2 Å². The molecular weight excluding hydrogens is 325 g/mol. The molecular formula is C18H14FN3O3. The lowest BCUT2D eigenvalue weighted by atomic mass is 10.1. The molecule has 1 aromatic heterocycles. The summed E-state index contributed by atoms with van der Waals surface area (Å²) in [5, 5.41) is 9.08. The van der Waals surface area contributed by atoms with Gasteiger partial charge in [0.05, 0.1) is 6.20 Å². The predicted molar refractivity (Wildman–Crippen MR) is 89.0 cm³/mol. The minimum absolute atomic E-state index is 0.0957. The monoisotopic (exact) mass is 339 g/mol. The molecule has 1 aliphatic heterocycles. The summed E-state index contributed by atoms with van der Waals surface area (Å²) in [6.07, 6.45) is 2.33. The Hall–Kier alpha value is -3.35. The molecule has 0 unspecified atom stereocenters. The molecule has 0 saturated carbocycles. The number of benzene rings is 2. The van der Waals surface area contributed by atoms with Gasteiger partial charge in [-0.05, 0) is 30.3 Å². The van der Waals surface area contributed by atoms with Gasteiger partial charge in [0.15, 0.2) is 11.5 Å². The molecule has 0 spiro atoms. The number of nitrogens with one attached hydrogen (secondary N) is 2. The van der Waals surface area contributed by atoms with Crippen molar-refractivity contribution in [2.24, 2.45) is 0 Å². The summed E-state index contributed by atoms with van der Waals surface area (Å²) in [6.45, 7) is 0.0957. The van der Waals surface area contributed by atoms with Gasteiger partial charge in [-0.2, -0.15) is 5.10 Å². The van der Waals surface area contributed by atoms with E-state index in [1.54, 1.807) is 36.5 Å². The third-order valence-electron chi connectivity index (χ3n) is 3.85. The molecule has 1 amide bonds. The molecule has 0 radical (unpaired) electrons. The second kappa shape index (κ2) is 6.27. The van der Waals surface area contributed by atoms with Gasteiger partial charge in [0, 0.05) is 23.0 Å². The highest BCUT2D eigenvalue weighted by Gasteiger charge is 2.27. The highest BCUT2D eigenvalue weighted by molar-refractivity contribution is 5.95. The van der Waals surface area contributed by atoms with E-state index >= 15 is 0 Å². The fraction of sp³-hybridized carbons (Fsp3) is 0.111. The minimum Gasteiger partial charge on any atom is -0.485 e. The summed E-state index contributed by atoms with van der Waals surface area (Å²) in [5.74, 6) is 0.257. The smallest absolute Gasteiger partial charge is 0.269 e. The number of hydrogen-bond acceptors (Lipinski definition) is 4. The predicted octanol–water partition coefficient (Wildman–Crippen LogP) is 2.99. The van der Waals surface area contributed by atoms with Crippen LogP contribution in [0.25, 0.3) is 11.1 Å². The Balaban J connectivity index is 1.47. The van der Waals surface area contributed by atoms with E-state index in [4.69, 9.17) is 9.47 Å². The van der Waals surface area contributed by atoms with Crippen molar-refractivity contribution in [1.29, 1.82) is 0 Å². The number of anilines is 1. The lowest BCUT2D eigenvalue weighted by molar-refractivity contribution is -0.125. The molecule has 2 heterocycles. The Kier molecular flexibility index (Phi) is 3.81. The van der Waals surface area contributed by atoms with Crippen molar-refractivity contribution in [2.45, 2.75) is 6.10 Å². The van der Waals surface area contributed by atoms with Gasteiger partial charge in [-0.25, -0.2) is 4.39 Å². The van der Waals surface area contributed by atoms with Crippen LogP contribution in [0.15, 0.2) is 54.9 Å². The number of para-hydroxylation sites is 2. The van der Waals surface area contributed by atoms with Gasteiger partial charge in [0.1, 0.15) is 12.4 Å². The van der Waals surface area contributed by atoms with Gasteiger partial charge in [-0.3, -0.25) is 9.89 Å². The van der Waals surface area contributed by atoms with Crippen molar-refractivity contribution in [3.05, 3.63) is 60.7 Å². The Morgan fingerprint density at radius 1 is 1.24 bits per heavy atom. The van der Waals surface area contributed by atoms with Crippen molar-refractivity contribution in [3.63, 3.8) is 0 Å².